The molecule has 0 amide bonds. The van der Waals surface area contributed by atoms with E-state index in [4.69, 9.17) is 0 Å². The van der Waals surface area contributed by atoms with Gasteiger partial charge in [-0.25, -0.2) is 18.0 Å². The van der Waals surface area contributed by atoms with Crippen LogP contribution in [0.3, 0.4) is 0 Å². The first-order valence-electron chi connectivity index (χ1n) is 3.86. The van der Waals surface area contributed by atoms with Gasteiger partial charge >= 0.3 is 11.7 Å². The maximum atomic E-state index is 12.7. The van der Waals surface area contributed by atoms with Gasteiger partial charge in [-0.2, -0.15) is 8.78 Å². The minimum Gasteiger partial charge on any atom is -0.247 e. The van der Waals surface area contributed by atoms with Crippen molar-refractivity contribution in [1.82, 2.24) is 4.98 Å². The van der Waals surface area contributed by atoms with Crippen molar-refractivity contribution in [2.75, 3.05) is 0 Å². The summed E-state index contributed by atoms with van der Waals surface area (Å²) >= 11 is 0. The first kappa shape index (κ1) is 12.1. The van der Waals surface area contributed by atoms with Crippen molar-refractivity contribution >= 4 is 10.8 Å². The molecule has 1 aromatic rings. The molecule has 0 radical (unpaired) electrons. The number of halogens is 4. The van der Waals surface area contributed by atoms with Gasteiger partial charge in [0.25, 0.3) is 0 Å². The van der Waals surface area contributed by atoms with E-state index >= 15 is 0 Å². The Bertz CT molecular complexity index is 383. The van der Waals surface area contributed by atoms with E-state index in [2.05, 4.69) is 4.98 Å². The van der Waals surface area contributed by atoms with Crippen LogP contribution < -0.4 is 0 Å². The Hall–Kier alpha value is -0.980. The average molecular weight is 241 g/mol. The van der Waals surface area contributed by atoms with E-state index in [1.165, 1.54) is 6.07 Å². The zero-order chi connectivity index (χ0) is 11.6. The molecule has 0 bridgehead atoms. The summed E-state index contributed by atoms with van der Waals surface area (Å²) in [6, 6.07) is 2.58. The standard InChI is InChI=1S/C8H7F4NOS/c1-5-2-3-13-6(4-5)15(14)8(11,12)7(9)10/h2-4,7H,1H3. The molecule has 7 heteroatoms. The van der Waals surface area contributed by atoms with Crippen molar-refractivity contribution < 1.29 is 21.8 Å². The van der Waals surface area contributed by atoms with E-state index in [1.807, 2.05) is 0 Å². The Morgan fingerprint density at radius 3 is 2.53 bits per heavy atom. The van der Waals surface area contributed by atoms with Crippen LogP contribution in [0.2, 0.25) is 0 Å². The molecule has 0 aliphatic rings. The van der Waals surface area contributed by atoms with Gasteiger partial charge in [0, 0.05) is 6.20 Å². The van der Waals surface area contributed by atoms with Gasteiger partial charge < -0.3 is 0 Å². The maximum Gasteiger partial charge on any atom is 0.386 e. The van der Waals surface area contributed by atoms with E-state index in [0.717, 1.165) is 12.3 Å². The second-order valence-corrected chi connectivity index (χ2v) is 4.30. The Kier molecular flexibility index (Phi) is 3.43. The zero-order valence-corrected chi connectivity index (χ0v) is 8.40. The number of pyridine rings is 1. The molecule has 1 aromatic heterocycles. The molecule has 0 fully saturated rings. The van der Waals surface area contributed by atoms with Crippen molar-refractivity contribution in [1.29, 1.82) is 0 Å². The number of alkyl halides is 4. The third-order valence-electron chi connectivity index (χ3n) is 1.58. The van der Waals surface area contributed by atoms with Gasteiger partial charge in [0.15, 0.2) is 0 Å². The minimum absolute atomic E-state index is 0.526. The Labute approximate surface area is 85.8 Å². The predicted molar refractivity (Wildman–Crippen MR) is 46.3 cm³/mol. The molecule has 15 heavy (non-hydrogen) atoms. The fraction of sp³-hybridized carbons (Fsp3) is 0.375. The second kappa shape index (κ2) is 4.26. The highest BCUT2D eigenvalue weighted by Crippen LogP contribution is 2.30. The van der Waals surface area contributed by atoms with Gasteiger partial charge in [0.1, 0.15) is 15.8 Å². The third kappa shape index (κ3) is 2.53. The Morgan fingerprint density at radius 2 is 2.07 bits per heavy atom. The van der Waals surface area contributed by atoms with Crippen LogP contribution in [-0.4, -0.2) is 20.9 Å². The van der Waals surface area contributed by atoms with Gasteiger partial charge in [-0.3, -0.25) is 0 Å². The fourth-order valence-electron chi connectivity index (χ4n) is 0.830. The lowest BCUT2D eigenvalue weighted by Crippen LogP contribution is -2.32. The van der Waals surface area contributed by atoms with Gasteiger partial charge in [-0.15, -0.1) is 0 Å². The van der Waals surface area contributed by atoms with Crippen molar-refractivity contribution in [2.24, 2.45) is 0 Å². The summed E-state index contributed by atoms with van der Waals surface area (Å²) in [5, 5.41) is -5.11. The lowest BCUT2D eigenvalue weighted by atomic mass is 10.3. The maximum absolute atomic E-state index is 12.7. The molecule has 1 rings (SSSR count). The van der Waals surface area contributed by atoms with Crippen LogP contribution in [0.1, 0.15) is 5.56 Å². The first-order valence-corrected chi connectivity index (χ1v) is 5.01. The second-order valence-electron chi connectivity index (χ2n) is 2.80. The largest absolute Gasteiger partial charge is 0.386 e. The molecule has 0 spiro atoms. The smallest absolute Gasteiger partial charge is 0.247 e. The van der Waals surface area contributed by atoms with E-state index in [0.29, 0.717) is 5.56 Å². The molecule has 1 unspecified atom stereocenters. The summed E-state index contributed by atoms with van der Waals surface area (Å²) < 4.78 is 60.2. The monoisotopic (exact) mass is 241 g/mol. The third-order valence-corrected chi connectivity index (χ3v) is 2.86. The number of hydrogen-bond acceptors (Lipinski definition) is 2. The van der Waals surface area contributed by atoms with Crippen LogP contribution in [0, 0.1) is 6.92 Å². The van der Waals surface area contributed by atoms with Crippen LogP contribution in [0.5, 0.6) is 0 Å². The molecule has 84 valence electrons. The summed E-state index contributed by atoms with van der Waals surface area (Å²) in [7, 11) is -3.13. The normalized spacial score (nSPS) is 14.3. The number of aromatic nitrogens is 1. The molecule has 0 N–H and O–H groups in total. The molecule has 2 nitrogen and oxygen atoms in total. The molecular weight excluding hydrogens is 234 g/mol. The first-order chi connectivity index (χ1) is 6.85. The average Bonchev–Trinajstić information content (AvgIpc) is 2.16. The summed E-state index contributed by atoms with van der Waals surface area (Å²) in [4.78, 5) is 3.37. The van der Waals surface area contributed by atoms with Crippen molar-refractivity contribution in [3.63, 3.8) is 0 Å². The van der Waals surface area contributed by atoms with E-state index in [-0.39, 0.29) is 0 Å². The van der Waals surface area contributed by atoms with Gasteiger partial charge in [-0.1, -0.05) is 0 Å². The van der Waals surface area contributed by atoms with Gasteiger partial charge in [0.05, 0.1) is 0 Å². The number of hydrogen-bond donors (Lipinski definition) is 0. The van der Waals surface area contributed by atoms with Crippen molar-refractivity contribution in [3.05, 3.63) is 23.9 Å². The molecule has 0 aliphatic carbocycles. The Morgan fingerprint density at radius 1 is 1.47 bits per heavy atom. The summed E-state index contributed by atoms with van der Waals surface area (Å²) in [6.07, 6.45) is -2.83. The van der Waals surface area contributed by atoms with E-state index < -0.39 is 27.5 Å². The molecule has 0 aromatic carbocycles. The van der Waals surface area contributed by atoms with Crippen molar-refractivity contribution in [2.45, 2.75) is 23.6 Å². The quantitative estimate of drug-likeness (QED) is 0.760. The van der Waals surface area contributed by atoms with E-state index in [1.54, 1.807) is 6.92 Å². The van der Waals surface area contributed by atoms with Crippen LogP contribution in [-0.2, 0) is 10.8 Å². The SMILES string of the molecule is Cc1ccnc(S(=O)C(F)(F)C(F)F)c1. The topological polar surface area (TPSA) is 30.0 Å². The lowest BCUT2D eigenvalue weighted by molar-refractivity contribution is -0.0603. The lowest BCUT2D eigenvalue weighted by Gasteiger charge is -2.13. The number of aryl methyl sites for hydroxylation is 1. The summed E-state index contributed by atoms with van der Waals surface area (Å²) in [5.41, 5.74) is 0.526. The van der Waals surface area contributed by atoms with Crippen molar-refractivity contribution in [3.8, 4) is 0 Å². The highest BCUT2D eigenvalue weighted by atomic mass is 32.2. The number of rotatable bonds is 3. The summed E-state index contributed by atoms with van der Waals surface area (Å²) in [6.45, 7) is 1.56. The Balaban J connectivity index is 3.05. The molecule has 0 aliphatic heterocycles. The minimum atomic E-state index is -4.57. The molecule has 1 atom stereocenters. The predicted octanol–water partition coefficient (Wildman–Crippen LogP) is 2.36. The highest BCUT2D eigenvalue weighted by Gasteiger charge is 2.48. The van der Waals surface area contributed by atoms with E-state index in [9.17, 15) is 21.8 Å². The number of nitrogens with zero attached hydrogens (tertiary/aromatic N) is 1. The van der Waals surface area contributed by atoms with Gasteiger partial charge in [-0.05, 0) is 24.6 Å². The van der Waals surface area contributed by atoms with Gasteiger partial charge in [0.2, 0.25) is 0 Å². The van der Waals surface area contributed by atoms with Crippen LogP contribution in [0.25, 0.3) is 0 Å². The molecule has 0 saturated carbocycles. The van der Waals surface area contributed by atoms with Crippen LogP contribution >= 0.6 is 0 Å². The highest BCUT2D eigenvalue weighted by molar-refractivity contribution is 7.86. The summed E-state index contributed by atoms with van der Waals surface area (Å²) in [5.74, 6) is 0. The molecular formula is C8H7F4NOS. The fourth-order valence-corrected chi connectivity index (χ4v) is 1.72. The zero-order valence-electron chi connectivity index (χ0n) is 7.58. The molecule has 1 heterocycles. The van der Waals surface area contributed by atoms with Crippen LogP contribution in [0.15, 0.2) is 23.4 Å². The van der Waals surface area contributed by atoms with Crippen LogP contribution in [0.4, 0.5) is 17.6 Å². The molecule has 0 saturated heterocycles.